The van der Waals surface area contributed by atoms with Gasteiger partial charge in [-0.1, -0.05) is 0 Å². The summed E-state index contributed by atoms with van der Waals surface area (Å²) >= 11 is 3.80. The summed E-state index contributed by atoms with van der Waals surface area (Å²) in [6.07, 6.45) is 6.60. The molecule has 0 aliphatic carbocycles. The van der Waals surface area contributed by atoms with E-state index in [-0.39, 0.29) is 11.1 Å². The Morgan fingerprint density at radius 3 is 2.90 bits per heavy atom. The Morgan fingerprint density at radius 2 is 2.20 bits per heavy atom. The summed E-state index contributed by atoms with van der Waals surface area (Å²) in [4.78, 5) is 4.48. The van der Waals surface area contributed by atoms with Crippen molar-refractivity contribution in [2.75, 3.05) is 18.1 Å². The van der Waals surface area contributed by atoms with Crippen molar-refractivity contribution in [2.24, 2.45) is 0 Å². The highest BCUT2D eigenvalue weighted by Gasteiger charge is 2.40. The summed E-state index contributed by atoms with van der Waals surface area (Å²) in [7, 11) is 0. The fourth-order valence-electron chi connectivity index (χ4n) is 3.35. The highest BCUT2D eigenvalue weighted by atomic mass is 32.2. The molecular formula is C15H24N2OS2. The van der Waals surface area contributed by atoms with E-state index < -0.39 is 0 Å². The van der Waals surface area contributed by atoms with Gasteiger partial charge >= 0.3 is 0 Å². The number of thioether (sulfide) groups is 1. The first-order valence-electron chi connectivity index (χ1n) is 7.49. The van der Waals surface area contributed by atoms with Crippen LogP contribution in [0.25, 0.3) is 0 Å². The predicted molar refractivity (Wildman–Crippen MR) is 86.5 cm³/mol. The molecule has 1 aromatic heterocycles. The van der Waals surface area contributed by atoms with Gasteiger partial charge in [0.15, 0.2) is 0 Å². The van der Waals surface area contributed by atoms with Crippen LogP contribution >= 0.6 is 23.1 Å². The molecule has 0 aromatic carbocycles. The molecule has 2 saturated heterocycles. The largest absolute Gasteiger partial charge is 0.375 e. The number of aromatic nitrogens is 1. The van der Waals surface area contributed by atoms with E-state index in [4.69, 9.17) is 4.74 Å². The predicted octanol–water partition coefficient (Wildman–Crippen LogP) is 3.41. The lowest BCUT2D eigenvalue weighted by atomic mass is 9.84. The minimum atomic E-state index is -0.0409. The molecule has 0 saturated carbocycles. The van der Waals surface area contributed by atoms with Gasteiger partial charge in [0.1, 0.15) is 5.01 Å². The Kier molecular flexibility index (Phi) is 4.41. The highest BCUT2D eigenvalue weighted by Crippen LogP contribution is 2.38. The van der Waals surface area contributed by atoms with E-state index in [1.165, 1.54) is 29.4 Å². The summed E-state index contributed by atoms with van der Waals surface area (Å²) < 4.78 is 6.18. The summed E-state index contributed by atoms with van der Waals surface area (Å²) in [5.41, 5.74) is 0.112. The van der Waals surface area contributed by atoms with Gasteiger partial charge in [0.05, 0.1) is 11.1 Å². The Morgan fingerprint density at radius 1 is 1.40 bits per heavy atom. The zero-order valence-corrected chi connectivity index (χ0v) is 14.0. The third-order valence-corrected chi connectivity index (χ3v) is 6.51. The van der Waals surface area contributed by atoms with E-state index in [0.29, 0.717) is 6.04 Å². The maximum Gasteiger partial charge on any atom is 0.112 e. The average molecular weight is 313 g/mol. The molecule has 1 N–H and O–H groups in total. The van der Waals surface area contributed by atoms with Crippen LogP contribution in [0.3, 0.4) is 0 Å². The minimum Gasteiger partial charge on any atom is -0.375 e. The average Bonchev–Trinajstić information content (AvgIpc) is 2.94. The molecule has 112 valence electrons. The molecule has 1 spiro atoms. The summed E-state index contributed by atoms with van der Waals surface area (Å²) in [5.74, 6) is 2.51. The van der Waals surface area contributed by atoms with Crippen LogP contribution in [0, 0.1) is 0 Å². The first-order chi connectivity index (χ1) is 9.60. The maximum atomic E-state index is 6.18. The van der Waals surface area contributed by atoms with E-state index in [1.807, 2.05) is 6.20 Å². The van der Waals surface area contributed by atoms with Gasteiger partial charge < -0.3 is 10.1 Å². The molecule has 1 unspecified atom stereocenters. The van der Waals surface area contributed by atoms with Gasteiger partial charge in [-0.15, -0.1) is 11.3 Å². The number of hydrogen-bond donors (Lipinski definition) is 1. The van der Waals surface area contributed by atoms with E-state index in [0.717, 1.165) is 19.4 Å². The van der Waals surface area contributed by atoms with Crippen LogP contribution < -0.4 is 5.32 Å². The zero-order chi connectivity index (χ0) is 14.1. The van der Waals surface area contributed by atoms with Crippen LogP contribution in [0.2, 0.25) is 0 Å². The first kappa shape index (κ1) is 14.8. The van der Waals surface area contributed by atoms with Crippen molar-refractivity contribution < 1.29 is 4.74 Å². The Bertz CT molecular complexity index is 422. The second kappa shape index (κ2) is 5.95. The topological polar surface area (TPSA) is 34.1 Å². The second-order valence-electron chi connectivity index (χ2n) is 6.44. The van der Waals surface area contributed by atoms with Crippen molar-refractivity contribution in [1.29, 1.82) is 0 Å². The molecule has 0 radical (unpaired) electrons. The fraction of sp³-hybridized carbons (Fsp3) is 0.800. The minimum absolute atomic E-state index is 0.0409. The molecule has 1 atom stereocenters. The van der Waals surface area contributed by atoms with Crippen LogP contribution in [-0.4, -0.2) is 34.7 Å². The third kappa shape index (κ3) is 3.21. The molecule has 20 heavy (non-hydrogen) atoms. The Balaban J connectivity index is 1.65. The van der Waals surface area contributed by atoms with Gasteiger partial charge in [0.25, 0.3) is 0 Å². The molecule has 3 heterocycles. The van der Waals surface area contributed by atoms with Gasteiger partial charge in [-0.05, 0) is 51.0 Å². The highest BCUT2D eigenvalue weighted by molar-refractivity contribution is 7.99. The lowest BCUT2D eigenvalue weighted by Gasteiger charge is -2.45. The monoisotopic (exact) mass is 312 g/mol. The molecule has 2 fully saturated rings. The third-order valence-electron chi connectivity index (χ3n) is 4.43. The van der Waals surface area contributed by atoms with E-state index >= 15 is 0 Å². The van der Waals surface area contributed by atoms with Crippen LogP contribution in [0.15, 0.2) is 11.6 Å². The molecule has 3 nitrogen and oxygen atoms in total. The molecule has 1 aromatic rings. The van der Waals surface area contributed by atoms with Gasteiger partial charge in [-0.2, -0.15) is 11.8 Å². The SMILES string of the molecule is CC(C)(NC1CCOC2(CCSCC2)C1)c1nccs1. The van der Waals surface area contributed by atoms with Crippen LogP contribution in [0.5, 0.6) is 0 Å². The standard InChI is InChI=1S/C15H24N2OS2/c1-14(2,13-16-6-10-20-13)17-12-3-7-18-15(11-12)4-8-19-9-5-15/h6,10,12,17H,3-5,7-9,11H2,1-2H3. The number of hydrogen-bond acceptors (Lipinski definition) is 5. The van der Waals surface area contributed by atoms with Crippen LogP contribution in [0.1, 0.15) is 44.5 Å². The molecule has 5 heteroatoms. The summed E-state index contributed by atoms with van der Waals surface area (Å²) in [5, 5.41) is 7.07. The number of rotatable bonds is 3. The lowest BCUT2D eigenvalue weighted by molar-refractivity contribution is -0.0957. The van der Waals surface area contributed by atoms with E-state index in [9.17, 15) is 0 Å². The molecule has 3 rings (SSSR count). The smallest absolute Gasteiger partial charge is 0.112 e. The van der Waals surface area contributed by atoms with Crippen molar-refractivity contribution in [2.45, 2.75) is 56.7 Å². The number of nitrogens with zero attached hydrogens (tertiary/aromatic N) is 1. The summed E-state index contributed by atoms with van der Waals surface area (Å²) in [6.45, 7) is 5.38. The van der Waals surface area contributed by atoms with Gasteiger partial charge in [0, 0.05) is 24.2 Å². The zero-order valence-electron chi connectivity index (χ0n) is 12.4. The maximum absolute atomic E-state index is 6.18. The fourth-order valence-corrected chi connectivity index (χ4v) is 5.31. The number of thiazole rings is 1. The normalized spacial score (nSPS) is 26.8. The van der Waals surface area contributed by atoms with Crippen LogP contribution in [0.4, 0.5) is 0 Å². The van der Waals surface area contributed by atoms with Crippen molar-refractivity contribution in [3.63, 3.8) is 0 Å². The van der Waals surface area contributed by atoms with Gasteiger partial charge in [-0.3, -0.25) is 0 Å². The van der Waals surface area contributed by atoms with Crippen LogP contribution in [-0.2, 0) is 10.3 Å². The van der Waals surface area contributed by atoms with Crippen molar-refractivity contribution in [1.82, 2.24) is 10.3 Å². The van der Waals surface area contributed by atoms with Crippen molar-refractivity contribution in [3.05, 3.63) is 16.6 Å². The first-order valence-corrected chi connectivity index (χ1v) is 9.53. The van der Waals surface area contributed by atoms with E-state index in [1.54, 1.807) is 11.3 Å². The molecule has 2 aliphatic heterocycles. The summed E-state index contributed by atoms with van der Waals surface area (Å²) in [6, 6.07) is 0.547. The second-order valence-corrected chi connectivity index (χ2v) is 8.56. The quantitative estimate of drug-likeness (QED) is 0.927. The Hall–Kier alpha value is -0.100. The molecule has 0 amide bonds. The molecule has 2 aliphatic rings. The number of nitrogens with one attached hydrogen (secondary N) is 1. The van der Waals surface area contributed by atoms with Gasteiger partial charge in [0.2, 0.25) is 0 Å². The lowest BCUT2D eigenvalue weighted by Crippen LogP contribution is -2.53. The molecular weight excluding hydrogens is 288 g/mol. The van der Waals surface area contributed by atoms with E-state index in [2.05, 4.69) is 41.3 Å². The number of ether oxygens (including phenoxy) is 1. The van der Waals surface area contributed by atoms with Crippen molar-refractivity contribution >= 4 is 23.1 Å². The molecule has 0 bridgehead atoms. The van der Waals surface area contributed by atoms with Gasteiger partial charge in [-0.25, -0.2) is 4.98 Å². The Labute approximate surface area is 129 Å². The van der Waals surface area contributed by atoms with Crippen molar-refractivity contribution in [3.8, 4) is 0 Å².